The summed E-state index contributed by atoms with van der Waals surface area (Å²) in [6, 6.07) is 13.1. The van der Waals surface area contributed by atoms with Gasteiger partial charge in [0.1, 0.15) is 0 Å². The fourth-order valence-corrected chi connectivity index (χ4v) is 2.03. The molecular formula is C16H16. The summed E-state index contributed by atoms with van der Waals surface area (Å²) in [6.07, 6.45) is 5.75. The fourth-order valence-electron chi connectivity index (χ4n) is 2.03. The molecule has 0 bridgehead atoms. The van der Waals surface area contributed by atoms with Gasteiger partial charge in [0.15, 0.2) is 0 Å². The highest BCUT2D eigenvalue weighted by atomic mass is 14.0. The first-order chi connectivity index (χ1) is 7.85. The van der Waals surface area contributed by atoms with Gasteiger partial charge in [0.2, 0.25) is 0 Å². The van der Waals surface area contributed by atoms with Crippen LogP contribution in [-0.4, -0.2) is 0 Å². The van der Waals surface area contributed by atoms with E-state index in [1.165, 1.54) is 21.9 Å². The van der Waals surface area contributed by atoms with Crippen LogP contribution in [0.15, 0.2) is 61.7 Å². The van der Waals surface area contributed by atoms with Gasteiger partial charge in [-0.25, -0.2) is 0 Å². The van der Waals surface area contributed by atoms with Crippen molar-refractivity contribution >= 4 is 10.8 Å². The number of fused-ring (bicyclic) bond motifs is 1. The number of hydrogen-bond acceptors (Lipinski definition) is 0. The van der Waals surface area contributed by atoms with Crippen LogP contribution in [0.5, 0.6) is 0 Å². The zero-order valence-corrected chi connectivity index (χ0v) is 9.45. The van der Waals surface area contributed by atoms with Gasteiger partial charge < -0.3 is 0 Å². The van der Waals surface area contributed by atoms with Gasteiger partial charge in [-0.1, -0.05) is 48.6 Å². The van der Waals surface area contributed by atoms with Crippen LogP contribution in [0.1, 0.15) is 11.1 Å². The Labute approximate surface area is 96.9 Å². The molecule has 0 fully saturated rings. The van der Waals surface area contributed by atoms with Crippen LogP contribution in [0.3, 0.4) is 0 Å². The van der Waals surface area contributed by atoms with Gasteiger partial charge in [-0.05, 0) is 34.7 Å². The molecule has 0 spiro atoms. The highest BCUT2D eigenvalue weighted by Crippen LogP contribution is 2.21. The molecule has 0 saturated heterocycles. The highest BCUT2D eigenvalue weighted by Gasteiger charge is 1.99. The third kappa shape index (κ3) is 2.06. The first-order valence-corrected chi connectivity index (χ1v) is 5.57. The average Bonchev–Trinajstić information content (AvgIpc) is 2.30. The van der Waals surface area contributed by atoms with Crippen LogP contribution in [0.2, 0.25) is 0 Å². The Morgan fingerprint density at radius 3 is 2.50 bits per heavy atom. The quantitative estimate of drug-likeness (QED) is 0.657. The summed E-state index contributed by atoms with van der Waals surface area (Å²) < 4.78 is 0. The largest absolute Gasteiger partial charge is 0.103 e. The van der Waals surface area contributed by atoms with Gasteiger partial charge in [-0.3, -0.25) is 0 Å². The van der Waals surface area contributed by atoms with Crippen molar-refractivity contribution in [2.24, 2.45) is 0 Å². The minimum atomic E-state index is 0.929. The van der Waals surface area contributed by atoms with Crippen molar-refractivity contribution in [1.82, 2.24) is 0 Å². The fraction of sp³-hybridized carbons (Fsp3) is 0.125. The molecule has 0 unspecified atom stereocenters. The van der Waals surface area contributed by atoms with Gasteiger partial charge in [-0.15, -0.1) is 13.2 Å². The molecule has 2 aromatic rings. The Bertz CT molecular complexity index is 521. The maximum atomic E-state index is 3.80. The molecule has 0 nitrogen and oxygen atoms in total. The SMILES string of the molecule is C=CCc1ccc2c(CC=C)cccc2c1. The summed E-state index contributed by atoms with van der Waals surface area (Å²) in [7, 11) is 0. The van der Waals surface area contributed by atoms with Crippen molar-refractivity contribution < 1.29 is 0 Å². The van der Waals surface area contributed by atoms with Crippen molar-refractivity contribution in [3.05, 3.63) is 72.8 Å². The summed E-state index contributed by atoms with van der Waals surface area (Å²) in [4.78, 5) is 0. The van der Waals surface area contributed by atoms with E-state index in [1.54, 1.807) is 0 Å². The van der Waals surface area contributed by atoms with E-state index < -0.39 is 0 Å². The molecule has 0 aliphatic heterocycles. The molecule has 0 N–H and O–H groups in total. The molecule has 80 valence electrons. The molecule has 2 aromatic carbocycles. The van der Waals surface area contributed by atoms with Gasteiger partial charge in [0, 0.05) is 0 Å². The van der Waals surface area contributed by atoms with Gasteiger partial charge in [0.05, 0.1) is 0 Å². The second-order valence-electron chi connectivity index (χ2n) is 3.96. The van der Waals surface area contributed by atoms with E-state index in [1.807, 2.05) is 12.2 Å². The van der Waals surface area contributed by atoms with E-state index >= 15 is 0 Å². The Kier molecular flexibility index (Phi) is 3.21. The Morgan fingerprint density at radius 2 is 1.75 bits per heavy atom. The lowest BCUT2D eigenvalue weighted by Gasteiger charge is -2.06. The standard InChI is InChI=1S/C16H16/c1-3-6-13-10-11-16-14(7-4-2)8-5-9-15(16)12-13/h3-5,8-12H,1-2,6-7H2. The lowest BCUT2D eigenvalue weighted by molar-refractivity contribution is 1.28. The van der Waals surface area contributed by atoms with Crippen molar-refractivity contribution in [1.29, 1.82) is 0 Å². The van der Waals surface area contributed by atoms with E-state index in [-0.39, 0.29) is 0 Å². The molecule has 0 saturated carbocycles. The van der Waals surface area contributed by atoms with E-state index in [9.17, 15) is 0 Å². The molecule has 0 amide bonds. The van der Waals surface area contributed by atoms with Gasteiger partial charge in [-0.2, -0.15) is 0 Å². The van der Waals surface area contributed by atoms with Crippen LogP contribution in [-0.2, 0) is 12.8 Å². The molecule has 0 heteroatoms. The Morgan fingerprint density at radius 1 is 0.938 bits per heavy atom. The molecular weight excluding hydrogens is 192 g/mol. The van der Waals surface area contributed by atoms with E-state index in [0.717, 1.165) is 12.8 Å². The van der Waals surface area contributed by atoms with Crippen LogP contribution < -0.4 is 0 Å². The summed E-state index contributed by atoms with van der Waals surface area (Å²) in [5.74, 6) is 0. The predicted octanol–water partition coefficient (Wildman–Crippen LogP) is 4.30. The Balaban J connectivity index is 2.54. The number of rotatable bonds is 4. The number of allylic oxidation sites excluding steroid dienone is 2. The number of hydrogen-bond donors (Lipinski definition) is 0. The maximum Gasteiger partial charge on any atom is -0.00940 e. The summed E-state index contributed by atoms with van der Waals surface area (Å²) in [5.41, 5.74) is 2.66. The summed E-state index contributed by atoms with van der Waals surface area (Å²) >= 11 is 0. The first kappa shape index (κ1) is 10.7. The third-order valence-electron chi connectivity index (χ3n) is 2.78. The zero-order valence-electron chi connectivity index (χ0n) is 9.45. The predicted molar refractivity (Wildman–Crippen MR) is 71.8 cm³/mol. The lowest BCUT2D eigenvalue weighted by atomic mass is 9.99. The zero-order chi connectivity index (χ0) is 11.4. The van der Waals surface area contributed by atoms with E-state index in [2.05, 4.69) is 49.6 Å². The van der Waals surface area contributed by atoms with E-state index in [0.29, 0.717) is 0 Å². The van der Waals surface area contributed by atoms with Crippen molar-refractivity contribution in [3.8, 4) is 0 Å². The molecule has 0 radical (unpaired) electrons. The molecule has 16 heavy (non-hydrogen) atoms. The van der Waals surface area contributed by atoms with Crippen LogP contribution in [0.4, 0.5) is 0 Å². The maximum absolute atomic E-state index is 3.80. The molecule has 2 rings (SSSR count). The highest BCUT2D eigenvalue weighted by molar-refractivity contribution is 5.86. The molecule has 0 aliphatic rings. The minimum Gasteiger partial charge on any atom is -0.103 e. The summed E-state index contributed by atoms with van der Waals surface area (Å²) in [6.45, 7) is 7.57. The van der Waals surface area contributed by atoms with Crippen molar-refractivity contribution in [2.45, 2.75) is 12.8 Å². The Hall–Kier alpha value is -1.82. The molecule has 0 aliphatic carbocycles. The van der Waals surface area contributed by atoms with Crippen molar-refractivity contribution in [2.75, 3.05) is 0 Å². The summed E-state index contributed by atoms with van der Waals surface area (Å²) in [5, 5.41) is 2.63. The second kappa shape index (κ2) is 4.80. The van der Waals surface area contributed by atoms with Crippen molar-refractivity contribution in [3.63, 3.8) is 0 Å². The van der Waals surface area contributed by atoms with Gasteiger partial charge >= 0.3 is 0 Å². The molecule has 0 aromatic heterocycles. The van der Waals surface area contributed by atoms with Crippen LogP contribution >= 0.6 is 0 Å². The topological polar surface area (TPSA) is 0 Å². The smallest absolute Gasteiger partial charge is 0.00940 e. The van der Waals surface area contributed by atoms with Gasteiger partial charge in [0.25, 0.3) is 0 Å². The molecule has 0 heterocycles. The third-order valence-corrected chi connectivity index (χ3v) is 2.78. The van der Waals surface area contributed by atoms with E-state index in [4.69, 9.17) is 0 Å². The minimum absolute atomic E-state index is 0.929. The second-order valence-corrected chi connectivity index (χ2v) is 3.96. The average molecular weight is 208 g/mol. The monoisotopic (exact) mass is 208 g/mol. The molecule has 0 atom stereocenters. The normalized spacial score (nSPS) is 10.2. The lowest BCUT2D eigenvalue weighted by Crippen LogP contribution is -1.86. The number of benzene rings is 2. The van der Waals surface area contributed by atoms with Crippen LogP contribution in [0.25, 0.3) is 10.8 Å². The van der Waals surface area contributed by atoms with Crippen LogP contribution in [0, 0.1) is 0 Å². The first-order valence-electron chi connectivity index (χ1n) is 5.57.